The number of likely N-dealkylation sites (tertiary alicyclic amines) is 1. The Balaban J connectivity index is 1.87. The number of fused-ring (bicyclic) bond motifs is 1. The molecule has 1 aliphatic rings. The highest BCUT2D eigenvalue weighted by Gasteiger charge is 2.41. The summed E-state index contributed by atoms with van der Waals surface area (Å²) in [6.07, 6.45) is -0.00191. The third-order valence-corrected chi connectivity index (χ3v) is 4.03. The number of carboxylic acids is 1. The minimum Gasteiger partial charge on any atom is -0.480 e. The summed E-state index contributed by atoms with van der Waals surface area (Å²) in [5.41, 5.74) is 1.01. The van der Waals surface area contributed by atoms with E-state index in [-0.39, 0.29) is 13.0 Å². The van der Waals surface area contributed by atoms with Crippen molar-refractivity contribution in [1.82, 2.24) is 9.88 Å². The number of carboxylic acid groups (broad SMARTS) is 2. The second-order valence-corrected chi connectivity index (χ2v) is 5.56. The molecular formula is C16H16N2O5. The highest BCUT2D eigenvalue weighted by Crippen LogP contribution is 2.29. The number of aromatic nitrogens is 1. The van der Waals surface area contributed by atoms with Gasteiger partial charge < -0.3 is 14.9 Å². The maximum Gasteiger partial charge on any atom is 0.408 e. The van der Waals surface area contributed by atoms with E-state index in [9.17, 15) is 9.59 Å². The average Bonchev–Trinajstić information content (AvgIpc) is 2.95. The zero-order valence-electron chi connectivity index (χ0n) is 12.5. The highest BCUT2D eigenvalue weighted by atomic mass is 16.5. The van der Waals surface area contributed by atoms with Gasteiger partial charge in [0.25, 0.3) is 0 Å². The molecule has 2 atom stereocenters. The van der Waals surface area contributed by atoms with Crippen LogP contribution in [-0.2, 0) is 4.79 Å². The predicted molar refractivity (Wildman–Crippen MR) is 81.7 cm³/mol. The highest BCUT2D eigenvalue weighted by molar-refractivity contribution is 5.89. The lowest BCUT2D eigenvalue weighted by molar-refractivity contribution is -0.141. The summed E-state index contributed by atoms with van der Waals surface area (Å²) in [4.78, 5) is 27.5. The minimum atomic E-state index is -1.26. The number of hydrogen-bond acceptors (Lipinski definition) is 4. The summed E-state index contributed by atoms with van der Waals surface area (Å²) in [7, 11) is 0. The first kappa shape index (κ1) is 15.1. The molecule has 1 amide bonds. The lowest BCUT2D eigenvalue weighted by Gasteiger charge is -2.17. The first-order chi connectivity index (χ1) is 11.0. The summed E-state index contributed by atoms with van der Waals surface area (Å²) in [6.45, 7) is 1.96. The molecule has 7 heteroatoms. The van der Waals surface area contributed by atoms with Crippen molar-refractivity contribution < 1.29 is 24.5 Å². The number of aryl methyl sites for hydroxylation is 1. The fourth-order valence-corrected chi connectivity index (χ4v) is 2.89. The SMILES string of the molecule is Cc1cnc(OC2CC(C(=O)O)N(C(=O)O)C2)c2ccccc12. The standard InChI is InChI=1S/C16H16N2O5/c1-9-7-17-14(12-5-3-2-4-11(9)12)23-10-6-13(15(19)20)18(8-10)16(21)22/h2-5,7,10,13H,6,8H2,1H3,(H,19,20)(H,21,22). The van der Waals surface area contributed by atoms with E-state index in [0.29, 0.717) is 5.88 Å². The fourth-order valence-electron chi connectivity index (χ4n) is 2.89. The van der Waals surface area contributed by atoms with Gasteiger partial charge in [-0.15, -0.1) is 0 Å². The van der Waals surface area contributed by atoms with Gasteiger partial charge in [0.1, 0.15) is 12.1 Å². The quantitative estimate of drug-likeness (QED) is 0.899. The van der Waals surface area contributed by atoms with Crippen molar-refractivity contribution in [1.29, 1.82) is 0 Å². The lowest BCUT2D eigenvalue weighted by atomic mass is 10.1. The summed E-state index contributed by atoms with van der Waals surface area (Å²) in [6, 6.07) is 6.53. The molecule has 1 fully saturated rings. The van der Waals surface area contributed by atoms with Crippen molar-refractivity contribution in [2.45, 2.75) is 25.5 Å². The largest absolute Gasteiger partial charge is 0.480 e. The third kappa shape index (κ3) is 2.77. The number of benzene rings is 1. The average molecular weight is 316 g/mol. The van der Waals surface area contributed by atoms with Crippen LogP contribution in [0.2, 0.25) is 0 Å². The molecule has 0 bridgehead atoms. The normalized spacial score (nSPS) is 20.7. The van der Waals surface area contributed by atoms with Crippen LogP contribution in [0.4, 0.5) is 4.79 Å². The van der Waals surface area contributed by atoms with E-state index < -0.39 is 24.2 Å². The lowest BCUT2D eigenvalue weighted by Crippen LogP contribution is -2.39. The summed E-state index contributed by atoms with van der Waals surface area (Å²) in [5, 5.41) is 20.1. The minimum absolute atomic E-state index is 0.0101. The van der Waals surface area contributed by atoms with E-state index in [1.807, 2.05) is 31.2 Å². The number of nitrogens with zero attached hydrogens (tertiary/aromatic N) is 2. The Morgan fingerprint density at radius 2 is 1.96 bits per heavy atom. The second-order valence-electron chi connectivity index (χ2n) is 5.56. The maximum atomic E-state index is 11.2. The van der Waals surface area contributed by atoms with Gasteiger partial charge in [0.2, 0.25) is 5.88 Å². The van der Waals surface area contributed by atoms with Crippen LogP contribution in [0, 0.1) is 6.92 Å². The molecule has 120 valence electrons. The molecule has 3 rings (SSSR count). The zero-order chi connectivity index (χ0) is 16.6. The van der Waals surface area contributed by atoms with Gasteiger partial charge in [-0.25, -0.2) is 14.6 Å². The van der Waals surface area contributed by atoms with E-state index >= 15 is 0 Å². The van der Waals surface area contributed by atoms with Crippen LogP contribution < -0.4 is 4.74 Å². The summed E-state index contributed by atoms with van der Waals surface area (Å²) >= 11 is 0. The van der Waals surface area contributed by atoms with Crippen molar-refractivity contribution >= 4 is 22.8 Å². The molecule has 2 heterocycles. The Bertz CT molecular complexity index is 754. The Morgan fingerprint density at radius 1 is 1.26 bits per heavy atom. The van der Waals surface area contributed by atoms with Crippen molar-refractivity contribution in [3.63, 3.8) is 0 Å². The molecule has 0 aliphatic carbocycles. The van der Waals surface area contributed by atoms with Gasteiger partial charge in [-0.05, 0) is 23.9 Å². The molecule has 1 aromatic carbocycles. The first-order valence-electron chi connectivity index (χ1n) is 7.20. The van der Waals surface area contributed by atoms with Crippen LogP contribution in [0.3, 0.4) is 0 Å². The number of pyridine rings is 1. The van der Waals surface area contributed by atoms with E-state index in [1.165, 1.54) is 0 Å². The van der Waals surface area contributed by atoms with Crippen LogP contribution in [0.5, 0.6) is 5.88 Å². The number of ether oxygens (including phenoxy) is 1. The zero-order valence-corrected chi connectivity index (χ0v) is 12.5. The van der Waals surface area contributed by atoms with E-state index in [0.717, 1.165) is 21.2 Å². The molecule has 0 radical (unpaired) electrons. The number of aliphatic carboxylic acids is 1. The van der Waals surface area contributed by atoms with Crippen LogP contribution in [-0.4, -0.2) is 50.9 Å². The molecular weight excluding hydrogens is 300 g/mol. The molecule has 1 aromatic heterocycles. The first-order valence-corrected chi connectivity index (χ1v) is 7.20. The monoisotopic (exact) mass is 316 g/mol. The topological polar surface area (TPSA) is 100.0 Å². The van der Waals surface area contributed by atoms with Gasteiger partial charge in [0, 0.05) is 18.0 Å². The Hall–Kier alpha value is -2.83. The Kier molecular flexibility index (Phi) is 3.77. The number of hydrogen-bond donors (Lipinski definition) is 2. The predicted octanol–water partition coefficient (Wildman–Crippen LogP) is 2.13. The molecule has 0 spiro atoms. The van der Waals surface area contributed by atoms with Crippen LogP contribution in [0.25, 0.3) is 10.8 Å². The van der Waals surface area contributed by atoms with Gasteiger partial charge in [-0.1, -0.05) is 18.2 Å². The van der Waals surface area contributed by atoms with Gasteiger partial charge in [-0.3, -0.25) is 4.90 Å². The molecule has 0 saturated carbocycles. The van der Waals surface area contributed by atoms with Crippen LogP contribution in [0.1, 0.15) is 12.0 Å². The van der Waals surface area contributed by atoms with Gasteiger partial charge in [0.15, 0.2) is 0 Å². The molecule has 2 unspecified atom stereocenters. The molecule has 2 N–H and O–H groups in total. The van der Waals surface area contributed by atoms with Gasteiger partial charge in [0.05, 0.1) is 6.54 Å². The number of carbonyl (C=O) groups is 2. The van der Waals surface area contributed by atoms with E-state index in [1.54, 1.807) is 6.20 Å². The van der Waals surface area contributed by atoms with Crippen molar-refractivity contribution in [2.75, 3.05) is 6.54 Å². The summed E-state index contributed by atoms with van der Waals surface area (Å²) in [5.74, 6) is -0.771. The fraction of sp³-hybridized carbons (Fsp3) is 0.312. The molecule has 2 aromatic rings. The van der Waals surface area contributed by atoms with Crippen LogP contribution >= 0.6 is 0 Å². The second kappa shape index (κ2) is 5.75. The van der Waals surface area contributed by atoms with Crippen LogP contribution in [0.15, 0.2) is 30.5 Å². The Labute approximate surface area is 132 Å². The summed E-state index contributed by atoms with van der Waals surface area (Å²) < 4.78 is 5.82. The number of rotatable bonds is 3. The number of amides is 1. The van der Waals surface area contributed by atoms with Crippen molar-refractivity contribution in [3.8, 4) is 5.88 Å². The van der Waals surface area contributed by atoms with E-state index in [4.69, 9.17) is 14.9 Å². The smallest absolute Gasteiger partial charge is 0.408 e. The van der Waals surface area contributed by atoms with Gasteiger partial charge >= 0.3 is 12.1 Å². The molecule has 7 nitrogen and oxygen atoms in total. The van der Waals surface area contributed by atoms with Crippen molar-refractivity contribution in [3.05, 3.63) is 36.0 Å². The molecule has 1 saturated heterocycles. The van der Waals surface area contributed by atoms with Crippen molar-refractivity contribution in [2.24, 2.45) is 0 Å². The molecule has 1 aliphatic heterocycles. The molecule has 23 heavy (non-hydrogen) atoms. The maximum absolute atomic E-state index is 11.2. The van der Waals surface area contributed by atoms with Gasteiger partial charge in [-0.2, -0.15) is 0 Å². The third-order valence-electron chi connectivity index (χ3n) is 4.03. The Morgan fingerprint density at radius 3 is 2.57 bits per heavy atom. The van der Waals surface area contributed by atoms with E-state index in [2.05, 4.69) is 4.98 Å².